The van der Waals surface area contributed by atoms with Crippen LogP contribution in [0.4, 0.5) is 5.69 Å². The molecule has 0 bridgehead atoms. The van der Waals surface area contributed by atoms with Crippen LogP contribution >= 0.6 is 15.9 Å². The second kappa shape index (κ2) is 7.78. The molecule has 1 aromatic heterocycles. The van der Waals surface area contributed by atoms with Gasteiger partial charge in [0.1, 0.15) is 0 Å². The van der Waals surface area contributed by atoms with Gasteiger partial charge in [0.25, 0.3) is 5.91 Å². The molecule has 2 rings (SSSR count). The molecular formula is C16H18BrN3O. The standard InChI is InChI=1S/C16H18BrN3O/c1-2-8-19-15-7-9-18-11-14(15)16(21)20-10-12-3-5-13(17)6-4-12/h3-7,9,11H,2,8,10H2,1H3,(H,18,19)(H,20,21). The summed E-state index contributed by atoms with van der Waals surface area (Å²) < 4.78 is 1.02. The average Bonchev–Trinajstić information content (AvgIpc) is 2.52. The van der Waals surface area contributed by atoms with Crippen LogP contribution in [0.3, 0.4) is 0 Å². The van der Waals surface area contributed by atoms with Crippen molar-refractivity contribution in [1.29, 1.82) is 0 Å². The Bertz CT molecular complexity index is 599. The van der Waals surface area contributed by atoms with Gasteiger partial charge >= 0.3 is 0 Å². The summed E-state index contributed by atoms with van der Waals surface area (Å²) in [6.07, 6.45) is 4.28. The van der Waals surface area contributed by atoms with Crippen LogP contribution in [0.15, 0.2) is 47.2 Å². The normalized spacial score (nSPS) is 10.2. The maximum Gasteiger partial charge on any atom is 0.255 e. The highest BCUT2D eigenvalue weighted by Gasteiger charge is 2.10. The highest BCUT2D eigenvalue weighted by atomic mass is 79.9. The van der Waals surface area contributed by atoms with Gasteiger partial charge in [0.05, 0.1) is 11.3 Å². The minimum absolute atomic E-state index is 0.121. The Labute approximate surface area is 133 Å². The van der Waals surface area contributed by atoms with Crippen molar-refractivity contribution in [1.82, 2.24) is 10.3 Å². The zero-order chi connectivity index (χ0) is 15.1. The van der Waals surface area contributed by atoms with Crippen LogP contribution in [0.5, 0.6) is 0 Å². The third kappa shape index (κ3) is 4.56. The number of nitrogens with one attached hydrogen (secondary N) is 2. The van der Waals surface area contributed by atoms with Crippen LogP contribution in [-0.2, 0) is 6.54 Å². The third-order valence-electron chi connectivity index (χ3n) is 3.00. The molecule has 0 saturated carbocycles. The first kappa shape index (κ1) is 15.5. The van der Waals surface area contributed by atoms with E-state index in [9.17, 15) is 4.79 Å². The van der Waals surface area contributed by atoms with E-state index in [-0.39, 0.29) is 5.91 Å². The fraction of sp³-hybridized carbons (Fsp3) is 0.250. The highest BCUT2D eigenvalue weighted by Crippen LogP contribution is 2.14. The maximum absolute atomic E-state index is 12.3. The summed E-state index contributed by atoms with van der Waals surface area (Å²) in [6, 6.07) is 9.69. The van der Waals surface area contributed by atoms with Crippen molar-refractivity contribution < 1.29 is 4.79 Å². The van der Waals surface area contributed by atoms with Gasteiger partial charge in [0.15, 0.2) is 0 Å². The number of aromatic nitrogens is 1. The zero-order valence-corrected chi connectivity index (χ0v) is 13.5. The minimum atomic E-state index is -0.121. The lowest BCUT2D eigenvalue weighted by atomic mass is 10.2. The SMILES string of the molecule is CCCNc1ccncc1C(=O)NCc1ccc(Br)cc1. The van der Waals surface area contributed by atoms with Gasteiger partial charge in [-0.1, -0.05) is 35.0 Å². The molecular weight excluding hydrogens is 330 g/mol. The molecule has 0 unspecified atom stereocenters. The number of carbonyl (C=O) groups excluding carboxylic acids is 1. The molecule has 2 aromatic rings. The van der Waals surface area contributed by atoms with Gasteiger partial charge in [-0.3, -0.25) is 9.78 Å². The van der Waals surface area contributed by atoms with E-state index < -0.39 is 0 Å². The van der Waals surface area contributed by atoms with Crippen molar-refractivity contribution in [2.75, 3.05) is 11.9 Å². The molecule has 110 valence electrons. The Morgan fingerprint density at radius 3 is 2.71 bits per heavy atom. The van der Waals surface area contributed by atoms with E-state index in [0.29, 0.717) is 12.1 Å². The maximum atomic E-state index is 12.3. The lowest BCUT2D eigenvalue weighted by molar-refractivity contribution is 0.0951. The van der Waals surface area contributed by atoms with Gasteiger partial charge in [-0.05, 0) is 30.2 Å². The summed E-state index contributed by atoms with van der Waals surface area (Å²) in [5.41, 5.74) is 2.45. The Morgan fingerprint density at radius 2 is 2.00 bits per heavy atom. The largest absolute Gasteiger partial charge is 0.384 e. The molecule has 0 saturated heterocycles. The fourth-order valence-corrected chi connectivity index (χ4v) is 2.13. The zero-order valence-electron chi connectivity index (χ0n) is 11.9. The summed E-state index contributed by atoms with van der Waals surface area (Å²) in [5.74, 6) is -0.121. The topological polar surface area (TPSA) is 54.0 Å². The predicted octanol–water partition coefficient (Wildman–Crippen LogP) is 3.60. The second-order valence-electron chi connectivity index (χ2n) is 4.66. The minimum Gasteiger partial charge on any atom is -0.384 e. The van der Waals surface area contributed by atoms with Crippen molar-refractivity contribution in [3.8, 4) is 0 Å². The number of hydrogen-bond donors (Lipinski definition) is 2. The number of halogens is 1. The fourth-order valence-electron chi connectivity index (χ4n) is 1.87. The smallest absolute Gasteiger partial charge is 0.255 e. The van der Waals surface area contributed by atoms with Crippen LogP contribution in [-0.4, -0.2) is 17.4 Å². The second-order valence-corrected chi connectivity index (χ2v) is 5.57. The van der Waals surface area contributed by atoms with E-state index in [1.165, 1.54) is 0 Å². The number of hydrogen-bond acceptors (Lipinski definition) is 3. The number of nitrogens with zero attached hydrogens (tertiary/aromatic N) is 1. The van der Waals surface area contributed by atoms with Gasteiger partial charge in [-0.2, -0.15) is 0 Å². The predicted molar refractivity (Wildman–Crippen MR) is 88.3 cm³/mol. The molecule has 1 aromatic carbocycles. The first-order valence-corrected chi connectivity index (χ1v) is 7.70. The van der Waals surface area contributed by atoms with Gasteiger partial charge in [-0.15, -0.1) is 0 Å². The Kier molecular flexibility index (Phi) is 5.75. The third-order valence-corrected chi connectivity index (χ3v) is 3.53. The molecule has 0 atom stereocenters. The summed E-state index contributed by atoms with van der Waals surface area (Å²) in [5, 5.41) is 6.16. The van der Waals surface area contributed by atoms with Crippen LogP contribution in [0, 0.1) is 0 Å². The van der Waals surface area contributed by atoms with Gasteiger partial charge < -0.3 is 10.6 Å². The van der Waals surface area contributed by atoms with Gasteiger partial charge in [0.2, 0.25) is 0 Å². The van der Waals surface area contributed by atoms with E-state index in [1.54, 1.807) is 12.4 Å². The molecule has 1 amide bonds. The summed E-state index contributed by atoms with van der Waals surface area (Å²) >= 11 is 3.39. The van der Waals surface area contributed by atoms with Crippen LogP contribution in [0.25, 0.3) is 0 Å². The molecule has 2 N–H and O–H groups in total. The number of rotatable bonds is 6. The Morgan fingerprint density at radius 1 is 1.24 bits per heavy atom. The number of pyridine rings is 1. The molecule has 0 aliphatic heterocycles. The van der Waals surface area contributed by atoms with Crippen molar-refractivity contribution in [3.05, 3.63) is 58.3 Å². The van der Waals surface area contributed by atoms with Crippen LogP contribution in [0.2, 0.25) is 0 Å². The molecule has 0 aliphatic carbocycles. The van der Waals surface area contributed by atoms with Crippen LogP contribution in [0.1, 0.15) is 29.3 Å². The monoisotopic (exact) mass is 347 g/mol. The molecule has 0 aliphatic rings. The van der Waals surface area contributed by atoms with Gasteiger partial charge in [0, 0.05) is 30.0 Å². The number of benzene rings is 1. The van der Waals surface area contributed by atoms with E-state index in [1.807, 2.05) is 30.3 Å². The first-order valence-electron chi connectivity index (χ1n) is 6.91. The Hall–Kier alpha value is -1.88. The van der Waals surface area contributed by atoms with Crippen molar-refractivity contribution >= 4 is 27.5 Å². The van der Waals surface area contributed by atoms with E-state index in [0.717, 1.165) is 28.7 Å². The quantitative estimate of drug-likeness (QED) is 0.839. The average molecular weight is 348 g/mol. The first-order chi connectivity index (χ1) is 10.2. The molecule has 21 heavy (non-hydrogen) atoms. The van der Waals surface area contributed by atoms with Crippen molar-refractivity contribution in [2.45, 2.75) is 19.9 Å². The molecule has 0 radical (unpaired) electrons. The Balaban J connectivity index is 2.01. The summed E-state index contributed by atoms with van der Waals surface area (Å²) in [4.78, 5) is 16.3. The van der Waals surface area contributed by atoms with Gasteiger partial charge in [-0.25, -0.2) is 0 Å². The van der Waals surface area contributed by atoms with E-state index in [4.69, 9.17) is 0 Å². The molecule has 1 heterocycles. The number of amides is 1. The molecule has 0 fully saturated rings. The lowest BCUT2D eigenvalue weighted by Crippen LogP contribution is -2.24. The lowest BCUT2D eigenvalue weighted by Gasteiger charge is -2.11. The van der Waals surface area contributed by atoms with E-state index >= 15 is 0 Å². The molecule has 5 heteroatoms. The molecule has 0 spiro atoms. The molecule has 4 nitrogen and oxygen atoms in total. The number of anilines is 1. The summed E-state index contributed by atoms with van der Waals surface area (Å²) in [7, 11) is 0. The highest BCUT2D eigenvalue weighted by molar-refractivity contribution is 9.10. The van der Waals surface area contributed by atoms with Crippen molar-refractivity contribution in [3.63, 3.8) is 0 Å². The van der Waals surface area contributed by atoms with E-state index in [2.05, 4.69) is 38.5 Å². The number of carbonyl (C=O) groups is 1. The van der Waals surface area contributed by atoms with Crippen LogP contribution < -0.4 is 10.6 Å². The summed E-state index contributed by atoms with van der Waals surface area (Å²) in [6.45, 7) is 3.41. The van der Waals surface area contributed by atoms with Crippen molar-refractivity contribution in [2.24, 2.45) is 0 Å².